The molecule has 3 heteroatoms. The summed E-state index contributed by atoms with van der Waals surface area (Å²) in [5.41, 5.74) is 3.14. The number of benzene rings is 1. The average Bonchev–Trinajstić information content (AvgIpc) is 3.19. The molecular formula is C17H11NO2. The van der Waals surface area contributed by atoms with E-state index in [1.54, 1.807) is 6.07 Å². The third kappa shape index (κ3) is 1.07. The van der Waals surface area contributed by atoms with Crippen LogP contribution in [0.4, 0.5) is 0 Å². The molecule has 2 aromatic rings. The summed E-state index contributed by atoms with van der Waals surface area (Å²) in [4.78, 5) is 27.9. The van der Waals surface area contributed by atoms with Crippen LogP contribution in [-0.4, -0.2) is 10.8 Å². The van der Waals surface area contributed by atoms with E-state index in [0.717, 1.165) is 28.6 Å². The molecule has 3 aliphatic carbocycles. The van der Waals surface area contributed by atoms with E-state index in [4.69, 9.17) is 0 Å². The van der Waals surface area contributed by atoms with Crippen LogP contribution in [0.2, 0.25) is 0 Å². The first kappa shape index (κ1) is 10.4. The van der Waals surface area contributed by atoms with E-state index in [9.17, 15) is 9.59 Å². The smallest absolute Gasteiger partial charge is 0.256 e. The minimum atomic E-state index is -0.118. The lowest BCUT2D eigenvalue weighted by Crippen LogP contribution is -2.11. The molecular weight excluding hydrogens is 250 g/mol. The molecule has 5 rings (SSSR count). The van der Waals surface area contributed by atoms with Crippen LogP contribution >= 0.6 is 0 Å². The van der Waals surface area contributed by atoms with Gasteiger partial charge >= 0.3 is 0 Å². The number of ketones is 1. The summed E-state index contributed by atoms with van der Waals surface area (Å²) in [6.07, 6.45) is 5.24. The number of H-pyrrole nitrogens is 1. The summed E-state index contributed by atoms with van der Waals surface area (Å²) in [6, 6.07) is 7.35. The molecule has 0 radical (unpaired) electrons. The lowest BCUT2D eigenvalue weighted by atomic mass is 9.98. The molecule has 1 fully saturated rings. The van der Waals surface area contributed by atoms with E-state index in [1.807, 2.05) is 24.3 Å². The van der Waals surface area contributed by atoms with Crippen LogP contribution < -0.4 is 5.56 Å². The molecule has 3 nitrogen and oxygen atoms in total. The highest BCUT2D eigenvalue weighted by molar-refractivity contribution is 6.27. The number of Topliss-reactive ketones (excluding diaryl/α,β-unsaturated/α-hetero) is 1. The molecule has 1 aromatic heterocycles. The highest BCUT2D eigenvalue weighted by atomic mass is 16.1. The number of carbonyl (C=O) groups is 1. The second-order valence-corrected chi connectivity index (χ2v) is 5.77. The van der Waals surface area contributed by atoms with Gasteiger partial charge in [0.05, 0.1) is 11.3 Å². The first-order valence-corrected chi connectivity index (χ1v) is 6.88. The van der Waals surface area contributed by atoms with E-state index in [-0.39, 0.29) is 11.3 Å². The van der Waals surface area contributed by atoms with Crippen LogP contribution in [0.5, 0.6) is 0 Å². The van der Waals surface area contributed by atoms with Gasteiger partial charge in [0.2, 0.25) is 0 Å². The maximum atomic E-state index is 12.8. The van der Waals surface area contributed by atoms with Crippen molar-refractivity contribution in [2.75, 3.05) is 0 Å². The molecule has 96 valence electrons. The highest BCUT2D eigenvalue weighted by Gasteiger charge is 2.48. The molecule has 1 aromatic carbocycles. The fourth-order valence-electron chi connectivity index (χ4n) is 3.63. The van der Waals surface area contributed by atoms with Gasteiger partial charge in [-0.25, -0.2) is 0 Å². The van der Waals surface area contributed by atoms with Crippen LogP contribution in [0.15, 0.2) is 46.8 Å². The number of allylic oxidation sites excluding steroid dienone is 4. The summed E-state index contributed by atoms with van der Waals surface area (Å²) in [5.74, 6) is 1.02. The van der Waals surface area contributed by atoms with E-state index in [0.29, 0.717) is 22.8 Å². The lowest BCUT2D eigenvalue weighted by Gasteiger charge is -2.06. The van der Waals surface area contributed by atoms with Gasteiger partial charge in [0, 0.05) is 21.9 Å². The highest BCUT2D eigenvalue weighted by Crippen LogP contribution is 2.54. The van der Waals surface area contributed by atoms with Crippen molar-refractivity contribution >= 4 is 22.1 Å². The van der Waals surface area contributed by atoms with E-state index >= 15 is 0 Å². The third-order valence-corrected chi connectivity index (χ3v) is 4.68. The minimum absolute atomic E-state index is 0.110. The number of nitrogens with one attached hydrogen (secondary N) is 1. The van der Waals surface area contributed by atoms with Gasteiger partial charge in [-0.3, -0.25) is 9.59 Å². The number of pyridine rings is 1. The van der Waals surface area contributed by atoms with Gasteiger partial charge in [0.15, 0.2) is 5.78 Å². The maximum Gasteiger partial charge on any atom is 0.256 e. The number of aromatic nitrogens is 1. The van der Waals surface area contributed by atoms with Gasteiger partial charge in [-0.15, -0.1) is 0 Å². The zero-order chi connectivity index (χ0) is 13.4. The summed E-state index contributed by atoms with van der Waals surface area (Å²) >= 11 is 0. The van der Waals surface area contributed by atoms with Gasteiger partial charge in [-0.2, -0.15) is 0 Å². The van der Waals surface area contributed by atoms with Crippen molar-refractivity contribution in [1.29, 1.82) is 0 Å². The lowest BCUT2D eigenvalue weighted by molar-refractivity contribution is 0.103. The third-order valence-electron chi connectivity index (χ3n) is 4.68. The first-order valence-electron chi connectivity index (χ1n) is 6.88. The predicted octanol–water partition coefficient (Wildman–Crippen LogP) is 2.68. The fraction of sp³-hybridized carbons (Fsp3) is 0.176. The molecule has 3 aliphatic rings. The quantitative estimate of drug-likeness (QED) is 0.792. The molecule has 0 aliphatic heterocycles. The number of hydrogen-bond donors (Lipinski definition) is 1. The zero-order valence-corrected chi connectivity index (χ0v) is 10.6. The van der Waals surface area contributed by atoms with E-state index in [1.165, 1.54) is 0 Å². The second-order valence-electron chi connectivity index (χ2n) is 5.77. The molecule has 0 amide bonds. The Labute approximate surface area is 114 Å². The van der Waals surface area contributed by atoms with Crippen molar-refractivity contribution in [2.45, 2.75) is 6.42 Å². The molecule has 0 saturated heterocycles. The Morgan fingerprint density at radius 2 is 1.90 bits per heavy atom. The van der Waals surface area contributed by atoms with Gasteiger partial charge in [-0.05, 0) is 24.3 Å². The molecule has 0 bridgehead atoms. The van der Waals surface area contributed by atoms with Crippen LogP contribution in [0.1, 0.15) is 22.5 Å². The van der Waals surface area contributed by atoms with Gasteiger partial charge in [0.25, 0.3) is 5.56 Å². The standard InChI is InChI=1S/C17H11NO2/c19-16-13-11(6-5-8-7-12(8)13)15-14(16)9-3-1-2-4-10(9)17(20)18-15/h1-6,8,12H,7H2,(H,18,20). The summed E-state index contributed by atoms with van der Waals surface area (Å²) in [5, 5.41) is 1.37. The minimum Gasteiger partial charge on any atom is -0.321 e. The van der Waals surface area contributed by atoms with Crippen molar-refractivity contribution in [2.24, 2.45) is 11.8 Å². The zero-order valence-electron chi connectivity index (χ0n) is 10.6. The molecule has 1 saturated carbocycles. The van der Waals surface area contributed by atoms with Gasteiger partial charge in [0.1, 0.15) is 0 Å². The molecule has 0 spiro atoms. The Kier molecular flexibility index (Phi) is 1.65. The number of fused-ring (bicyclic) bond motifs is 6. The number of hydrogen-bond acceptors (Lipinski definition) is 2. The molecule has 1 heterocycles. The fourth-order valence-corrected chi connectivity index (χ4v) is 3.63. The van der Waals surface area contributed by atoms with Gasteiger partial charge in [-0.1, -0.05) is 30.4 Å². The summed E-state index contributed by atoms with van der Waals surface area (Å²) < 4.78 is 0. The first-order chi connectivity index (χ1) is 9.75. The van der Waals surface area contributed by atoms with Crippen molar-refractivity contribution in [3.8, 4) is 0 Å². The molecule has 2 atom stereocenters. The number of aromatic amines is 1. The Balaban J connectivity index is 1.93. The van der Waals surface area contributed by atoms with Crippen LogP contribution in [0.25, 0.3) is 16.3 Å². The van der Waals surface area contributed by atoms with E-state index in [2.05, 4.69) is 11.1 Å². The van der Waals surface area contributed by atoms with Crippen molar-refractivity contribution in [3.05, 3.63) is 63.6 Å². The predicted molar refractivity (Wildman–Crippen MR) is 76.6 cm³/mol. The largest absolute Gasteiger partial charge is 0.321 e. The van der Waals surface area contributed by atoms with Crippen LogP contribution in [0, 0.1) is 11.8 Å². The Hall–Kier alpha value is -2.42. The average molecular weight is 261 g/mol. The number of rotatable bonds is 0. The van der Waals surface area contributed by atoms with Crippen molar-refractivity contribution in [1.82, 2.24) is 4.98 Å². The number of carbonyl (C=O) groups excluding carboxylic acids is 1. The molecule has 2 unspecified atom stereocenters. The maximum absolute atomic E-state index is 12.8. The summed E-state index contributed by atoms with van der Waals surface area (Å²) in [7, 11) is 0. The molecule has 1 N–H and O–H groups in total. The SMILES string of the molecule is O=C1C2=C(C=CC3CC23)c2[nH]c(=O)c3ccccc3c21. The normalized spacial score (nSPS) is 25.7. The monoisotopic (exact) mass is 261 g/mol. The Morgan fingerprint density at radius 1 is 1.10 bits per heavy atom. The molecule has 20 heavy (non-hydrogen) atoms. The van der Waals surface area contributed by atoms with Crippen LogP contribution in [-0.2, 0) is 0 Å². The van der Waals surface area contributed by atoms with Gasteiger partial charge < -0.3 is 4.98 Å². The van der Waals surface area contributed by atoms with E-state index < -0.39 is 0 Å². The van der Waals surface area contributed by atoms with Crippen molar-refractivity contribution in [3.63, 3.8) is 0 Å². The summed E-state index contributed by atoms with van der Waals surface area (Å²) in [6.45, 7) is 0. The topological polar surface area (TPSA) is 49.9 Å². The second kappa shape index (κ2) is 3.18. The van der Waals surface area contributed by atoms with Crippen molar-refractivity contribution < 1.29 is 4.79 Å². The van der Waals surface area contributed by atoms with Crippen LogP contribution in [0.3, 0.4) is 0 Å². The Morgan fingerprint density at radius 3 is 2.75 bits per heavy atom. The Bertz CT molecular complexity index is 930.